The summed E-state index contributed by atoms with van der Waals surface area (Å²) in [7, 11) is 0. The van der Waals surface area contributed by atoms with Crippen molar-refractivity contribution >= 4 is 15.9 Å². The van der Waals surface area contributed by atoms with Crippen LogP contribution in [-0.4, -0.2) is 0 Å². The Labute approximate surface area is 73.9 Å². The maximum atomic E-state index is 5.90. The molecule has 11 heavy (non-hydrogen) atoms. The Kier molecular flexibility index (Phi) is 1.77. The van der Waals surface area contributed by atoms with E-state index in [1.54, 1.807) is 0 Å². The van der Waals surface area contributed by atoms with Crippen molar-refractivity contribution in [2.24, 2.45) is 11.7 Å². The van der Waals surface area contributed by atoms with Gasteiger partial charge in [0.25, 0.3) is 0 Å². The van der Waals surface area contributed by atoms with Gasteiger partial charge in [0.15, 0.2) is 4.67 Å². The summed E-state index contributed by atoms with van der Waals surface area (Å²) in [6.07, 6.45) is 2.50. The lowest BCUT2D eigenvalue weighted by molar-refractivity contribution is 0.428. The minimum atomic E-state index is 0.112. The maximum Gasteiger partial charge on any atom is 0.169 e. The van der Waals surface area contributed by atoms with Crippen LogP contribution in [0.15, 0.2) is 21.2 Å². The summed E-state index contributed by atoms with van der Waals surface area (Å²) < 4.78 is 6.11. The summed E-state index contributed by atoms with van der Waals surface area (Å²) in [5, 5.41) is 0. The summed E-state index contributed by atoms with van der Waals surface area (Å²) in [5.41, 5.74) is 5.90. The normalized spacial score (nSPS) is 20.2. The van der Waals surface area contributed by atoms with E-state index in [0.717, 1.165) is 10.4 Å². The predicted octanol–water partition coefficient (Wildman–Crippen LogP) is 2.45. The van der Waals surface area contributed by atoms with E-state index in [2.05, 4.69) is 15.9 Å². The Hall–Kier alpha value is -0.280. The molecule has 0 spiro atoms. The predicted molar refractivity (Wildman–Crippen MR) is 46.1 cm³/mol. The first-order valence-electron chi connectivity index (χ1n) is 3.78. The molecule has 1 heterocycles. The topological polar surface area (TPSA) is 39.2 Å². The molecular formula is C8H10BrNO. The standard InChI is InChI=1S/C8H10BrNO/c9-7-4-3-6(11-7)8(10)5-1-2-5/h3-5,8H,1-2,10H2. The van der Waals surface area contributed by atoms with Crippen molar-refractivity contribution in [1.29, 1.82) is 0 Å². The van der Waals surface area contributed by atoms with Crippen molar-refractivity contribution in [3.05, 3.63) is 22.6 Å². The monoisotopic (exact) mass is 215 g/mol. The molecule has 2 N–H and O–H groups in total. The minimum absolute atomic E-state index is 0.112. The van der Waals surface area contributed by atoms with Crippen LogP contribution in [0.2, 0.25) is 0 Å². The average Bonchev–Trinajstić information content (AvgIpc) is 2.74. The second-order valence-corrected chi connectivity index (χ2v) is 3.79. The molecule has 3 heteroatoms. The van der Waals surface area contributed by atoms with Crippen LogP contribution < -0.4 is 5.73 Å². The van der Waals surface area contributed by atoms with E-state index in [1.165, 1.54) is 12.8 Å². The molecule has 1 aliphatic carbocycles. The van der Waals surface area contributed by atoms with Gasteiger partial charge in [0.05, 0.1) is 6.04 Å². The molecule has 0 radical (unpaired) electrons. The molecule has 1 unspecified atom stereocenters. The fourth-order valence-corrected chi connectivity index (χ4v) is 1.51. The van der Waals surface area contributed by atoms with Crippen LogP contribution in [-0.2, 0) is 0 Å². The van der Waals surface area contributed by atoms with Gasteiger partial charge in [0.1, 0.15) is 5.76 Å². The summed E-state index contributed by atoms with van der Waals surface area (Å²) in [6.45, 7) is 0. The Bertz CT molecular complexity index is 254. The number of halogens is 1. The van der Waals surface area contributed by atoms with Gasteiger partial charge in [-0.05, 0) is 46.8 Å². The molecule has 0 saturated heterocycles. The van der Waals surface area contributed by atoms with Gasteiger partial charge in [-0.1, -0.05) is 0 Å². The van der Waals surface area contributed by atoms with Crippen LogP contribution in [0, 0.1) is 5.92 Å². The molecule has 2 rings (SSSR count). The number of rotatable bonds is 2. The van der Waals surface area contributed by atoms with Crippen molar-refractivity contribution in [1.82, 2.24) is 0 Å². The van der Waals surface area contributed by atoms with Crippen LogP contribution in [0.4, 0.5) is 0 Å². The fraction of sp³-hybridized carbons (Fsp3) is 0.500. The number of furan rings is 1. The highest BCUT2D eigenvalue weighted by Crippen LogP contribution is 2.40. The van der Waals surface area contributed by atoms with E-state index >= 15 is 0 Å². The zero-order valence-corrected chi connectivity index (χ0v) is 7.67. The first kappa shape index (κ1) is 7.37. The average molecular weight is 216 g/mol. The number of hydrogen-bond acceptors (Lipinski definition) is 2. The third kappa shape index (κ3) is 1.49. The highest BCUT2D eigenvalue weighted by atomic mass is 79.9. The van der Waals surface area contributed by atoms with E-state index in [0.29, 0.717) is 5.92 Å². The fourth-order valence-electron chi connectivity index (χ4n) is 1.20. The summed E-state index contributed by atoms with van der Waals surface area (Å²) >= 11 is 3.25. The van der Waals surface area contributed by atoms with Crippen molar-refractivity contribution < 1.29 is 4.42 Å². The Morgan fingerprint density at radius 2 is 2.27 bits per heavy atom. The van der Waals surface area contributed by atoms with Crippen LogP contribution in [0.25, 0.3) is 0 Å². The molecule has 1 aromatic rings. The molecule has 1 aromatic heterocycles. The third-order valence-electron chi connectivity index (χ3n) is 2.05. The molecule has 0 amide bonds. The zero-order valence-electron chi connectivity index (χ0n) is 6.09. The lowest BCUT2D eigenvalue weighted by Gasteiger charge is -2.04. The molecule has 2 nitrogen and oxygen atoms in total. The minimum Gasteiger partial charge on any atom is -0.453 e. The van der Waals surface area contributed by atoms with Crippen LogP contribution >= 0.6 is 15.9 Å². The van der Waals surface area contributed by atoms with Crippen molar-refractivity contribution in [2.75, 3.05) is 0 Å². The zero-order chi connectivity index (χ0) is 7.84. The number of hydrogen-bond donors (Lipinski definition) is 1. The van der Waals surface area contributed by atoms with E-state index < -0.39 is 0 Å². The lowest BCUT2D eigenvalue weighted by atomic mass is 10.1. The highest BCUT2D eigenvalue weighted by molar-refractivity contribution is 9.10. The van der Waals surface area contributed by atoms with Gasteiger partial charge in [-0.2, -0.15) is 0 Å². The van der Waals surface area contributed by atoms with Crippen LogP contribution in [0.5, 0.6) is 0 Å². The molecule has 0 aliphatic heterocycles. The van der Waals surface area contributed by atoms with E-state index in [9.17, 15) is 0 Å². The Balaban J connectivity index is 2.14. The van der Waals surface area contributed by atoms with Crippen molar-refractivity contribution in [3.8, 4) is 0 Å². The third-order valence-corrected chi connectivity index (χ3v) is 2.48. The van der Waals surface area contributed by atoms with Gasteiger partial charge in [-0.15, -0.1) is 0 Å². The molecule has 60 valence electrons. The van der Waals surface area contributed by atoms with Crippen LogP contribution in [0.3, 0.4) is 0 Å². The van der Waals surface area contributed by atoms with Gasteiger partial charge in [-0.3, -0.25) is 0 Å². The largest absolute Gasteiger partial charge is 0.453 e. The first-order valence-corrected chi connectivity index (χ1v) is 4.57. The quantitative estimate of drug-likeness (QED) is 0.824. The SMILES string of the molecule is NC(c1ccc(Br)o1)C1CC1. The van der Waals surface area contributed by atoms with E-state index in [4.69, 9.17) is 10.2 Å². The Morgan fingerprint density at radius 3 is 2.73 bits per heavy atom. The summed E-state index contributed by atoms with van der Waals surface area (Å²) in [4.78, 5) is 0. The van der Waals surface area contributed by atoms with E-state index in [1.807, 2.05) is 12.1 Å². The molecule has 0 aromatic carbocycles. The molecule has 1 atom stereocenters. The number of nitrogens with two attached hydrogens (primary N) is 1. The Morgan fingerprint density at radius 1 is 1.55 bits per heavy atom. The summed E-state index contributed by atoms with van der Waals surface area (Å²) in [6, 6.07) is 3.94. The van der Waals surface area contributed by atoms with Crippen LogP contribution in [0.1, 0.15) is 24.6 Å². The van der Waals surface area contributed by atoms with E-state index in [-0.39, 0.29) is 6.04 Å². The van der Waals surface area contributed by atoms with Gasteiger partial charge in [-0.25, -0.2) is 0 Å². The summed E-state index contributed by atoms with van der Waals surface area (Å²) in [5.74, 6) is 1.56. The second kappa shape index (κ2) is 2.64. The van der Waals surface area contributed by atoms with Gasteiger partial charge < -0.3 is 10.2 Å². The lowest BCUT2D eigenvalue weighted by Crippen LogP contribution is -2.10. The van der Waals surface area contributed by atoms with Gasteiger partial charge in [0, 0.05) is 0 Å². The molecule has 1 saturated carbocycles. The second-order valence-electron chi connectivity index (χ2n) is 3.01. The molecular weight excluding hydrogens is 206 g/mol. The van der Waals surface area contributed by atoms with Crippen molar-refractivity contribution in [2.45, 2.75) is 18.9 Å². The molecule has 0 bridgehead atoms. The molecule has 1 aliphatic rings. The van der Waals surface area contributed by atoms with Gasteiger partial charge >= 0.3 is 0 Å². The van der Waals surface area contributed by atoms with Gasteiger partial charge in [0.2, 0.25) is 0 Å². The first-order chi connectivity index (χ1) is 5.27. The smallest absolute Gasteiger partial charge is 0.169 e. The molecule has 1 fully saturated rings. The highest BCUT2D eigenvalue weighted by Gasteiger charge is 2.31. The van der Waals surface area contributed by atoms with Crippen molar-refractivity contribution in [3.63, 3.8) is 0 Å². The maximum absolute atomic E-state index is 5.90.